The Morgan fingerprint density at radius 2 is 1.78 bits per heavy atom. The molecule has 1 aromatic heterocycles. The Morgan fingerprint density at radius 3 is 2.41 bits per heavy atom. The molecule has 1 N–H and O–H groups in total. The standard InChI is InChI=1S/C20H27N5O2/c1-15(2)14-22-19(26)18-8-9-21-20(23-18)25-12-10-24(11-13-25)16-4-6-17(27-3)7-5-16/h4-9,15H,10-14H2,1-3H3,(H,22,26). The number of aromatic nitrogens is 2. The Bertz CT molecular complexity index is 755. The van der Waals surface area contributed by atoms with Crippen LogP contribution in [0.1, 0.15) is 24.3 Å². The van der Waals surface area contributed by atoms with Crippen LogP contribution in [0.5, 0.6) is 5.75 Å². The molecule has 2 aromatic rings. The fourth-order valence-corrected chi connectivity index (χ4v) is 2.97. The molecule has 0 atom stereocenters. The Balaban J connectivity index is 1.60. The van der Waals surface area contributed by atoms with Crippen LogP contribution >= 0.6 is 0 Å². The summed E-state index contributed by atoms with van der Waals surface area (Å²) < 4.78 is 5.22. The average molecular weight is 369 g/mol. The van der Waals surface area contributed by atoms with Crippen molar-refractivity contribution in [3.05, 3.63) is 42.2 Å². The van der Waals surface area contributed by atoms with E-state index in [4.69, 9.17) is 4.74 Å². The number of rotatable bonds is 6. The molecule has 27 heavy (non-hydrogen) atoms. The molecule has 1 aromatic carbocycles. The summed E-state index contributed by atoms with van der Waals surface area (Å²) in [5, 5.41) is 2.90. The molecule has 1 saturated heterocycles. The molecule has 144 valence electrons. The van der Waals surface area contributed by atoms with Crippen LogP contribution in [0, 0.1) is 5.92 Å². The van der Waals surface area contributed by atoms with E-state index in [1.54, 1.807) is 19.4 Å². The van der Waals surface area contributed by atoms with E-state index in [2.05, 4.69) is 51.1 Å². The molecule has 3 rings (SSSR count). The number of hydrogen-bond acceptors (Lipinski definition) is 6. The van der Waals surface area contributed by atoms with Gasteiger partial charge in [0.25, 0.3) is 5.91 Å². The van der Waals surface area contributed by atoms with Crippen molar-refractivity contribution in [2.45, 2.75) is 13.8 Å². The van der Waals surface area contributed by atoms with Crippen molar-refractivity contribution in [3.63, 3.8) is 0 Å². The number of anilines is 2. The molecule has 0 aliphatic carbocycles. The van der Waals surface area contributed by atoms with Crippen LogP contribution in [0.15, 0.2) is 36.5 Å². The highest BCUT2D eigenvalue weighted by Crippen LogP contribution is 2.21. The van der Waals surface area contributed by atoms with Crippen LogP contribution in [-0.4, -0.2) is 55.7 Å². The summed E-state index contributed by atoms with van der Waals surface area (Å²) in [5.41, 5.74) is 1.59. The summed E-state index contributed by atoms with van der Waals surface area (Å²) in [6.45, 7) is 8.13. The molecule has 0 radical (unpaired) electrons. The minimum absolute atomic E-state index is 0.149. The summed E-state index contributed by atoms with van der Waals surface area (Å²) in [6, 6.07) is 9.76. The van der Waals surface area contributed by atoms with Gasteiger partial charge in [0, 0.05) is 44.6 Å². The number of benzene rings is 1. The van der Waals surface area contributed by atoms with Crippen molar-refractivity contribution in [1.29, 1.82) is 0 Å². The number of carbonyl (C=O) groups is 1. The molecular formula is C20H27N5O2. The fraction of sp³-hybridized carbons (Fsp3) is 0.450. The predicted octanol–water partition coefficient (Wildman–Crippen LogP) is 2.20. The van der Waals surface area contributed by atoms with E-state index >= 15 is 0 Å². The topological polar surface area (TPSA) is 70.6 Å². The van der Waals surface area contributed by atoms with Crippen LogP contribution in [0.4, 0.5) is 11.6 Å². The highest BCUT2D eigenvalue weighted by molar-refractivity contribution is 5.92. The molecule has 1 aliphatic rings. The molecule has 1 aliphatic heterocycles. The first kappa shape index (κ1) is 18.9. The molecule has 0 spiro atoms. The summed E-state index contributed by atoms with van der Waals surface area (Å²) in [4.78, 5) is 25.5. The van der Waals surface area contributed by atoms with Gasteiger partial charge in [0.05, 0.1) is 7.11 Å². The fourth-order valence-electron chi connectivity index (χ4n) is 2.97. The van der Waals surface area contributed by atoms with Gasteiger partial charge in [0.2, 0.25) is 5.95 Å². The van der Waals surface area contributed by atoms with Gasteiger partial charge in [-0.15, -0.1) is 0 Å². The van der Waals surface area contributed by atoms with Gasteiger partial charge in [-0.1, -0.05) is 13.8 Å². The third kappa shape index (κ3) is 4.87. The maximum Gasteiger partial charge on any atom is 0.270 e. The van der Waals surface area contributed by atoms with E-state index in [0.717, 1.165) is 31.9 Å². The number of methoxy groups -OCH3 is 1. The second-order valence-corrected chi connectivity index (χ2v) is 7.02. The number of carbonyl (C=O) groups excluding carboxylic acids is 1. The van der Waals surface area contributed by atoms with E-state index < -0.39 is 0 Å². The number of nitrogens with one attached hydrogen (secondary N) is 1. The van der Waals surface area contributed by atoms with E-state index in [0.29, 0.717) is 24.1 Å². The third-order valence-electron chi connectivity index (χ3n) is 4.55. The highest BCUT2D eigenvalue weighted by atomic mass is 16.5. The average Bonchev–Trinajstić information content (AvgIpc) is 2.72. The lowest BCUT2D eigenvalue weighted by molar-refractivity contribution is 0.0944. The van der Waals surface area contributed by atoms with Gasteiger partial charge in [-0.3, -0.25) is 4.79 Å². The first-order chi connectivity index (χ1) is 13.1. The number of nitrogens with zero attached hydrogens (tertiary/aromatic N) is 4. The zero-order valence-electron chi connectivity index (χ0n) is 16.2. The van der Waals surface area contributed by atoms with Crippen LogP contribution in [0.2, 0.25) is 0 Å². The number of hydrogen-bond donors (Lipinski definition) is 1. The lowest BCUT2D eigenvalue weighted by Crippen LogP contribution is -2.47. The molecule has 1 amide bonds. The summed E-state index contributed by atoms with van der Waals surface area (Å²) >= 11 is 0. The number of ether oxygens (including phenoxy) is 1. The third-order valence-corrected chi connectivity index (χ3v) is 4.55. The molecule has 0 bridgehead atoms. The van der Waals surface area contributed by atoms with Crippen molar-refractivity contribution in [2.24, 2.45) is 5.92 Å². The molecule has 2 heterocycles. The van der Waals surface area contributed by atoms with Crippen LogP contribution in [-0.2, 0) is 0 Å². The van der Waals surface area contributed by atoms with Crippen LogP contribution < -0.4 is 19.9 Å². The molecular weight excluding hydrogens is 342 g/mol. The van der Waals surface area contributed by atoms with Gasteiger partial charge in [0.15, 0.2) is 0 Å². The lowest BCUT2D eigenvalue weighted by atomic mass is 10.2. The zero-order valence-corrected chi connectivity index (χ0v) is 16.2. The molecule has 7 heteroatoms. The van der Waals surface area contributed by atoms with Crippen molar-refractivity contribution in [2.75, 3.05) is 49.6 Å². The van der Waals surface area contributed by atoms with Crippen molar-refractivity contribution in [3.8, 4) is 5.75 Å². The molecule has 7 nitrogen and oxygen atoms in total. The number of piperazine rings is 1. The highest BCUT2D eigenvalue weighted by Gasteiger charge is 2.20. The molecule has 0 unspecified atom stereocenters. The Labute approximate surface area is 160 Å². The predicted molar refractivity (Wildman–Crippen MR) is 107 cm³/mol. The van der Waals surface area contributed by atoms with Crippen molar-refractivity contribution in [1.82, 2.24) is 15.3 Å². The van der Waals surface area contributed by atoms with Crippen LogP contribution in [0.3, 0.4) is 0 Å². The minimum atomic E-state index is -0.149. The monoisotopic (exact) mass is 369 g/mol. The first-order valence-corrected chi connectivity index (χ1v) is 9.32. The van der Waals surface area contributed by atoms with Gasteiger partial charge in [-0.05, 0) is 36.2 Å². The Morgan fingerprint density at radius 1 is 1.11 bits per heavy atom. The van der Waals surface area contributed by atoms with Crippen molar-refractivity contribution >= 4 is 17.5 Å². The second kappa shape index (κ2) is 8.70. The van der Waals surface area contributed by atoms with Gasteiger partial charge in [-0.25, -0.2) is 9.97 Å². The smallest absolute Gasteiger partial charge is 0.270 e. The van der Waals surface area contributed by atoms with E-state index in [-0.39, 0.29) is 5.91 Å². The van der Waals surface area contributed by atoms with Crippen LogP contribution in [0.25, 0.3) is 0 Å². The quantitative estimate of drug-likeness (QED) is 0.842. The molecule has 0 saturated carbocycles. The summed E-state index contributed by atoms with van der Waals surface area (Å²) in [7, 11) is 1.67. The Kier molecular flexibility index (Phi) is 6.11. The SMILES string of the molecule is COc1ccc(N2CCN(c3nccc(C(=O)NCC(C)C)n3)CC2)cc1. The second-order valence-electron chi connectivity index (χ2n) is 7.02. The minimum Gasteiger partial charge on any atom is -0.497 e. The summed E-state index contributed by atoms with van der Waals surface area (Å²) in [5.74, 6) is 1.73. The normalized spacial score (nSPS) is 14.4. The maximum atomic E-state index is 12.2. The maximum absolute atomic E-state index is 12.2. The van der Waals surface area contributed by atoms with Crippen molar-refractivity contribution < 1.29 is 9.53 Å². The lowest BCUT2D eigenvalue weighted by Gasteiger charge is -2.36. The van der Waals surface area contributed by atoms with E-state index in [1.807, 2.05) is 12.1 Å². The van der Waals surface area contributed by atoms with Gasteiger partial charge in [-0.2, -0.15) is 0 Å². The first-order valence-electron chi connectivity index (χ1n) is 9.32. The summed E-state index contributed by atoms with van der Waals surface area (Å²) in [6.07, 6.45) is 1.66. The largest absolute Gasteiger partial charge is 0.497 e. The van der Waals surface area contributed by atoms with E-state index in [9.17, 15) is 4.79 Å². The van der Waals surface area contributed by atoms with Gasteiger partial charge >= 0.3 is 0 Å². The van der Waals surface area contributed by atoms with E-state index in [1.165, 1.54) is 5.69 Å². The van der Waals surface area contributed by atoms with Gasteiger partial charge in [0.1, 0.15) is 11.4 Å². The number of amides is 1. The zero-order chi connectivity index (χ0) is 19.2. The molecule has 1 fully saturated rings. The Hall–Kier alpha value is -2.83. The van der Waals surface area contributed by atoms with Gasteiger partial charge < -0.3 is 19.9 Å².